The quantitative estimate of drug-likeness (QED) is 0.454. The third-order valence-electron chi connectivity index (χ3n) is 8.06. The van der Waals surface area contributed by atoms with E-state index >= 15 is 0 Å². The fourth-order valence-electron chi connectivity index (χ4n) is 6.18. The number of benzene rings is 2. The second-order valence-electron chi connectivity index (χ2n) is 9.86. The van der Waals surface area contributed by atoms with E-state index in [9.17, 15) is 0 Å². The van der Waals surface area contributed by atoms with Crippen LogP contribution in [-0.4, -0.2) is 79.6 Å². The molecule has 0 saturated carbocycles. The molecular weight excluding hydrogens is 472 g/mol. The number of likely N-dealkylation sites (N-methyl/N-ethyl adjacent to an activating group) is 2. The van der Waals surface area contributed by atoms with Crippen molar-refractivity contribution >= 4 is 0 Å². The van der Waals surface area contributed by atoms with Crippen molar-refractivity contribution in [2.75, 3.05) is 69.8 Å². The van der Waals surface area contributed by atoms with Gasteiger partial charge in [0.05, 0.1) is 42.7 Å². The molecule has 0 radical (unpaired) electrons. The van der Waals surface area contributed by atoms with Gasteiger partial charge in [0.25, 0.3) is 0 Å². The summed E-state index contributed by atoms with van der Waals surface area (Å²) in [6.45, 7) is 1.99. The molecule has 37 heavy (non-hydrogen) atoms. The summed E-state index contributed by atoms with van der Waals surface area (Å²) in [7, 11) is 14.5. The van der Waals surface area contributed by atoms with Crippen LogP contribution in [0.2, 0.25) is 0 Å². The van der Waals surface area contributed by atoms with Crippen LogP contribution in [0.5, 0.6) is 34.5 Å². The number of ether oxygens (including phenoxy) is 6. The summed E-state index contributed by atoms with van der Waals surface area (Å²) in [6, 6.07) is 4.71. The van der Waals surface area contributed by atoms with E-state index in [1.807, 2.05) is 0 Å². The maximum atomic E-state index is 5.91. The van der Waals surface area contributed by atoms with Gasteiger partial charge in [-0.3, -0.25) is 9.80 Å². The molecule has 0 aromatic heterocycles. The Morgan fingerprint density at radius 2 is 0.973 bits per heavy atom. The zero-order chi connectivity index (χ0) is 26.7. The molecule has 8 nitrogen and oxygen atoms in total. The maximum absolute atomic E-state index is 5.91. The molecule has 2 unspecified atom stereocenters. The van der Waals surface area contributed by atoms with Crippen LogP contribution >= 0.6 is 0 Å². The normalized spacial score (nSPS) is 19.6. The molecule has 204 valence electrons. The van der Waals surface area contributed by atoms with Crippen LogP contribution in [0.4, 0.5) is 0 Å². The molecule has 0 spiro atoms. The van der Waals surface area contributed by atoms with Crippen LogP contribution in [0.25, 0.3) is 0 Å². The van der Waals surface area contributed by atoms with E-state index < -0.39 is 0 Å². The Balaban J connectivity index is 1.63. The van der Waals surface area contributed by atoms with E-state index in [1.165, 1.54) is 22.3 Å². The number of hydrogen-bond acceptors (Lipinski definition) is 8. The smallest absolute Gasteiger partial charge is 0.203 e. The molecule has 2 heterocycles. The summed E-state index contributed by atoms with van der Waals surface area (Å²) in [5, 5.41) is 0. The lowest BCUT2D eigenvalue weighted by Gasteiger charge is -2.38. The highest BCUT2D eigenvalue weighted by molar-refractivity contribution is 5.62. The van der Waals surface area contributed by atoms with E-state index in [2.05, 4.69) is 36.0 Å². The fourth-order valence-corrected chi connectivity index (χ4v) is 6.18. The topological polar surface area (TPSA) is 61.9 Å². The van der Waals surface area contributed by atoms with Crippen molar-refractivity contribution in [2.45, 2.75) is 44.2 Å². The van der Waals surface area contributed by atoms with Crippen LogP contribution in [0.3, 0.4) is 0 Å². The first-order valence-electron chi connectivity index (χ1n) is 13.0. The van der Waals surface area contributed by atoms with Crippen LogP contribution in [0, 0.1) is 0 Å². The zero-order valence-corrected chi connectivity index (χ0v) is 23.6. The molecule has 8 heteroatoms. The molecule has 0 N–H and O–H groups in total. The molecule has 0 fully saturated rings. The minimum atomic E-state index is 0.235. The molecule has 2 aliphatic rings. The van der Waals surface area contributed by atoms with Crippen molar-refractivity contribution in [3.8, 4) is 34.5 Å². The Hall–Kier alpha value is -2.84. The van der Waals surface area contributed by atoms with Gasteiger partial charge in [-0.15, -0.1) is 0 Å². The van der Waals surface area contributed by atoms with Gasteiger partial charge < -0.3 is 28.4 Å². The highest BCUT2D eigenvalue weighted by Gasteiger charge is 2.34. The first kappa shape index (κ1) is 27.2. The van der Waals surface area contributed by atoms with Gasteiger partial charge in [0.1, 0.15) is 0 Å². The molecular formula is C29H42N2O6. The van der Waals surface area contributed by atoms with E-state index in [4.69, 9.17) is 28.4 Å². The van der Waals surface area contributed by atoms with Crippen molar-refractivity contribution in [3.63, 3.8) is 0 Å². The summed E-state index contributed by atoms with van der Waals surface area (Å²) in [5.41, 5.74) is 4.98. The third-order valence-corrected chi connectivity index (χ3v) is 8.06. The second kappa shape index (κ2) is 11.7. The predicted molar refractivity (Wildman–Crippen MR) is 144 cm³/mol. The van der Waals surface area contributed by atoms with Crippen LogP contribution < -0.4 is 28.4 Å². The Kier molecular flexibility index (Phi) is 8.60. The van der Waals surface area contributed by atoms with Crippen LogP contribution in [0.15, 0.2) is 12.1 Å². The molecule has 0 saturated heterocycles. The van der Waals surface area contributed by atoms with Gasteiger partial charge in [-0.2, -0.15) is 0 Å². The van der Waals surface area contributed by atoms with Crippen molar-refractivity contribution in [1.29, 1.82) is 0 Å². The molecule has 2 atom stereocenters. The van der Waals surface area contributed by atoms with E-state index in [0.29, 0.717) is 11.5 Å². The number of fused-ring (bicyclic) bond motifs is 2. The third kappa shape index (κ3) is 4.89. The highest BCUT2D eigenvalue weighted by atomic mass is 16.5. The van der Waals surface area contributed by atoms with E-state index in [0.717, 1.165) is 68.2 Å². The monoisotopic (exact) mass is 514 g/mol. The van der Waals surface area contributed by atoms with Crippen molar-refractivity contribution < 1.29 is 28.4 Å². The minimum Gasteiger partial charge on any atom is -0.493 e. The van der Waals surface area contributed by atoms with Crippen LogP contribution in [-0.2, 0) is 12.8 Å². The van der Waals surface area contributed by atoms with Crippen molar-refractivity contribution in [3.05, 3.63) is 34.4 Å². The maximum Gasteiger partial charge on any atom is 0.203 e. The van der Waals surface area contributed by atoms with Gasteiger partial charge in [0.15, 0.2) is 23.0 Å². The minimum absolute atomic E-state index is 0.235. The Morgan fingerprint density at radius 1 is 0.595 bits per heavy atom. The van der Waals surface area contributed by atoms with Crippen molar-refractivity contribution in [1.82, 2.24) is 9.80 Å². The van der Waals surface area contributed by atoms with Gasteiger partial charge in [0.2, 0.25) is 11.5 Å². The summed E-state index contributed by atoms with van der Waals surface area (Å²) < 4.78 is 34.5. The molecule has 0 amide bonds. The summed E-state index contributed by atoms with van der Waals surface area (Å²) in [6.07, 6.45) is 4.96. The fraction of sp³-hybridized carbons (Fsp3) is 0.586. The van der Waals surface area contributed by atoms with Gasteiger partial charge in [0, 0.05) is 36.3 Å². The van der Waals surface area contributed by atoms with E-state index in [1.54, 1.807) is 42.7 Å². The molecule has 2 aromatic rings. The average Bonchev–Trinajstić information content (AvgIpc) is 2.92. The molecule has 4 rings (SSSR count). The summed E-state index contributed by atoms with van der Waals surface area (Å²) in [5.74, 6) is 4.34. The highest BCUT2D eigenvalue weighted by Crippen LogP contribution is 2.50. The Morgan fingerprint density at radius 3 is 1.30 bits per heavy atom. The van der Waals surface area contributed by atoms with Crippen LogP contribution in [0.1, 0.15) is 53.6 Å². The van der Waals surface area contributed by atoms with Gasteiger partial charge in [-0.25, -0.2) is 0 Å². The predicted octanol–water partition coefficient (Wildman–Crippen LogP) is 4.67. The lowest BCUT2D eigenvalue weighted by molar-refractivity contribution is 0.182. The average molecular weight is 515 g/mol. The van der Waals surface area contributed by atoms with Gasteiger partial charge in [-0.05, 0) is 69.5 Å². The van der Waals surface area contributed by atoms with Gasteiger partial charge >= 0.3 is 0 Å². The molecule has 2 aliphatic heterocycles. The number of hydrogen-bond donors (Lipinski definition) is 0. The Bertz CT molecular complexity index is 1020. The number of nitrogens with zero attached hydrogens (tertiary/aromatic N) is 2. The largest absolute Gasteiger partial charge is 0.493 e. The molecule has 2 aromatic carbocycles. The molecule has 0 aliphatic carbocycles. The summed E-state index contributed by atoms with van der Waals surface area (Å²) in [4.78, 5) is 4.87. The lowest BCUT2D eigenvalue weighted by atomic mass is 9.85. The summed E-state index contributed by atoms with van der Waals surface area (Å²) >= 11 is 0. The molecule has 0 bridgehead atoms. The number of methoxy groups -OCH3 is 6. The number of rotatable bonds is 10. The Labute approximate surface area is 221 Å². The van der Waals surface area contributed by atoms with Crippen molar-refractivity contribution in [2.24, 2.45) is 0 Å². The van der Waals surface area contributed by atoms with E-state index in [-0.39, 0.29) is 12.1 Å². The van der Waals surface area contributed by atoms with Gasteiger partial charge in [-0.1, -0.05) is 0 Å². The SMILES string of the molecule is COc1cc2c(c(OC)c1OC)C(CCCC1c3c(cc(OC)c(OC)c3OC)CCN1C)N(C)CC2. The first-order chi connectivity index (χ1) is 17.9. The zero-order valence-electron chi connectivity index (χ0n) is 23.6. The standard InChI is InChI=1S/C29H42N2O6/c1-30-14-12-18-16-22(32-3)26(34-5)28(36-7)24(18)20(30)10-9-11-21-25-19(13-15-31(21)2)17-23(33-4)27(35-6)29(25)37-8/h16-17,20-21H,9-15H2,1-8H3. The second-order valence-corrected chi connectivity index (χ2v) is 9.86. The first-order valence-corrected chi connectivity index (χ1v) is 13.0. The lowest BCUT2D eigenvalue weighted by Crippen LogP contribution is -2.34.